The fourth-order valence-corrected chi connectivity index (χ4v) is 1.99. The van der Waals surface area contributed by atoms with Crippen LogP contribution >= 0.6 is 0 Å². The van der Waals surface area contributed by atoms with Gasteiger partial charge in [-0.05, 0) is 32.1 Å². The van der Waals surface area contributed by atoms with Crippen molar-refractivity contribution in [1.82, 2.24) is 4.90 Å². The normalized spacial score (nSPS) is 9.22. The molecule has 1 nitrogen and oxygen atoms in total. The van der Waals surface area contributed by atoms with Crippen molar-refractivity contribution >= 4 is 0 Å². The Morgan fingerprint density at radius 3 is 1.57 bits per heavy atom. The van der Waals surface area contributed by atoms with Gasteiger partial charge in [-0.25, -0.2) is 0 Å². The maximum absolute atomic E-state index is 5.23. The Labute approximate surface area is 144 Å². The van der Waals surface area contributed by atoms with Gasteiger partial charge in [0.05, 0.1) is 13.1 Å². The van der Waals surface area contributed by atoms with E-state index >= 15 is 0 Å². The summed E-state index contributed by atoms with van der Waals surface area (Å²) in [5.41, 5.74) is 0. The topological polar surface area (TPSA) is 3.24 Å². The molecule has 0 fully saturated rings. The Hall–Kier alpha value is -1.80. The van der Waals surface area contributed by atoms with Crippen molar-refractivity contribution in [3.8, 4) is 48.4 Å². The molecule has 0 aromatic rings. The first kappa shape index (κ1) is 21.2. The molecule has 0 heterocycles. The molecule has 0 unspecified atom stereocenters. The lowest BCUT2D eigenvalue weighted by atomic mass is 10.2. The van der Waals surface area contributed by atoms with Crippen molar-refractivity contribution in [2.75, 3.05) is 19.6 Å². The zero-order chi connectivity index (χ0) is 17.0. The summed E-state index contributed by atoms with van der Waals surface area (Å²) in [5.74, 6) is 18.4. The molecule has 0 N–H and O–H groups in total. The van der Waals surface area contributed by atoms with Gasteiger partial charge in [-0.1, -0.05) is 25.2 Å². The molecule has 0 aliphatic heterocycles. The zero-order valence-electron chi connectivity index (χ0n) is 14.8. The van der Waals surface area contributed by atoms with Gasteiger partial charge in [0.25, 0.3) is 0 Å². The molecule has 0 radical (unpaired) electrons. The van der Waals surface area contributed by atoms with Crippen molar-refractivity contribution < 1.29 is 0 Å². The highest BCUT2D eigenvalue weighted by Crippen LogP contribution is 1.99. The van der Waals surface area contributed by atoms with Gasteiger partial charge in [-0.2, -0.15) is 0 Å². The molecule has 0 aromatic heterocycles. The summed E-state index contributed by atoms with van der Waals surface area (Å²) in [6.07, 6.45) is 20.9. The molecule has 0 amide bonds. The number of terminal acetylenes is 2. The van der Waals surface area contributed by atoms with E-state index in [2.05, 4.69) is 47.3 Å². The first-order chi connectivity index (χ1) is 11.3. The monoisotopic (exact) mass is 309 g/mol. The van der Waals surface area contributed by atoms with Crippen LogP contribution in [0.5, 0.6) is 0 Å². The predicted molar refractivity (Wildman–Crippen MR) is 102 cm³/mol. The van der Waals surface area contributed by atoms with Crippen LogP contribution in [0.3, 0.4) is 0 Å². The molecule has 124 valence electrons. The van der Waals surface area contributed by atoms with E-state index in [0.717, 1.165) is 71.0 Å². The molecule has 0 saturated heterocycles. The Morgan fingerprint density at radius 2 is 1.13 bits per heavy atom. The van der Waals surface area contributed by atoms with Crippen molar-refractivity contribution in [3.63, 3.8) is 0 Å². The van der Waals surface area contributed by atoms with Gasteiger partial charge in [-0.15, -0.1) is 36.5 Å². The largest absolute Gasteiger partial charge is 0.281 e. The highest BCUT2D eigenvalue weighted by molar-refractivity contribution is 5.05. The van der Waals surface area contributed by atoms with Crippen molar-refractivity contribution in [1.29, 1.82) is 0 Å². The van der Waals surface area contributed by atoms with E-state index in [1.54, 1.807) is 0 Å². The lowest BCUT2D eigenvalue weighted by molar-refractivity contribution is 0.338. The highest BCUT2D eigenvalue weighted by atomic mass is 15.1. The fourth-order valence-electron chi connectivity index (χ4n) is 1.99. The molecule has 0 saturated carbocycles. The van der Waals surface area contributed by atoms with Crippen LogP contribution in [0.25, 0.3) is 0 Å². The van der Waals surface area contributed by atoms with E-state index in [4.69, 9.17) is 12.8 Å². The van der Waals surface area contributed by atoms with Gasteiger partial charge >= 0.3 is 0 Å². The SMILES string of the molecule is C#CCCCCC#CCN(CC#CCCCCC#C)CCCC. The van der Waals surface area contributed by atoms with E-state index in [-0.39, 0.29) is 0 Å². The highest BCUT2D eigenvalue weighted by Gasteiger charge is 1.99. The fraction of sp³-hybridized carbons (Fsp3) is 0.636. The van der Waals surface area contributed by atoms with Gasteiger partial charge in [0.2, 0.25) is 0 Å². The smallest absolute Gasteiger partial charge is 0.0609 e. The summed E-state index contributed by atoms with van der Waals surface area (Å²) in [7, 11) is 0. The molecular formula is C22H31N. The van der Waals surface area contributed by atoms with Crippen LogP contribution in [0.15, 0.2) is 0 Å². The number of nitrogens with zero attached hydrogens (tertiary/aromatic N) is 1. The molecule has 0 aromatic carbocycles. The molecular weight excluding hydrogens is 278 g/mol. The minimum Gasteiger partial charge on any atom is -0.281 e. The van der Waals surface area contributed by atoms with Crippen molar-refractivity contribution in [2.45, 2.75) is 71.1 Å². The van der Waals surface area contributed by atoms with E-state index in [0.29, 0.717) is 0 Å². The summed E-state index contributed by atoms with van der Waals surface area (Å²) in [5, 5.41) is 0. The summed E-state index contributed by atoms with van der Waals surface area (Å²) in [4.78, 5) is 2.34. The average Bonchev–Trinajstić information content (AvgIpc) is 2.57. The first-order valence-corrected chi connectivity index (χ1v) is 8.85. The lowest BCUT2D eigenvalue weighted by Crippen LogP contribution is -2.25. The van der Waals surface area contributed by atoms with Gasteiger partial charge in [0.15, 0.2) is 0 Å². The summed E-state index contributed by atoms with van der Waals surface area (Å²) in [6.45, 7) is 4.93. The van der Waals surface area contributed by atoms with Crippen molar-refractivity contribution in [2.24, 2.45) is 0 Å². The number of unbranched alkanes of at least 4 members (excludes halogenated alkanes) is 7. The van der Waals surface area contributed by atoms with Gasteiger partial charge in [0.1, 0.15) is 0 Å². The van der Waals surface area contributed by atoms with E-state index in [1.807, 2.05) is 0 Å². The van der Waals surface area contributed by atoms with Crippen LogP contribution in [0.4, 0.5) is 0 Å². The zero-order valence-corrected chi connectivity index (χ0v) is 14.8. The van der Waals surface area contributed by atoms with Gasteiger partial charge in [0, 0.05) is 32.2 Å². The third kappa shape index (κ3) is 16.4. The second-order valence-electron chi connectivity index (χ2n) is 5.59. The molecule has 0 atom stereocenters. The maximum Gasteiger partial charge on any atom is 0.0609 e. The maximum atomic E-state index is 5.23. The van der Waals surface area contributed by atoms with Crippen LogP contribution in [-0.2, 0) is 0 Å². The summed E-state index contributed by atoms with van der Waals surface area (Å²) in [6, 6.07) is 0. The number of hydrogen-bond donors (Lipinski definition) is 0. The second kappa shape index (κ2) is 18.2. The first-order valence-electron chi connectivity index (χ1n) is 8.85. The minimum atomic E-state index is 0.820. The molecule has 0 bridgehead atoms. The van der Waals surface area contributed by atoms with E-state index in [1.165, 1.54) is 12.8 Å². The predicted octanol–water partition coefficient (Wildman–Crippen LogP) is 4.48. The molecule has 0 aliphatic rings. The Bertz CT molecular complexity index is 425. The third-order valence-electron chi connectivity index (χ3n) is 3.43. The molecule has 23 heavy (non-hydrogen) atoms. The summed E-state index contributed by atoms with van der Waals surface area (Å²) < 4.78 is 0. The van der Waals surface area contributed by atoms with E-state index < -0.39 is 0 Å². The van der Waals surface area contributed by atoms with Crippen LogP contribution < -0.4 is 0 Å². The minimum absolute atomic E-state index is 0.820. The van der Waals surface area contributed by atoms with Crippen LogP contribution in [-0.4, -0.2) is 24.5 Å². The molecule has 0 spiro atoms. The van der Waals surface area contributed by atoms with Crippen LogP contribution in [0.2, 0.25) is 0 Å². The standard InChI is InChI=1S/C22H31N/c1-4-7-10-12-14-16-18-21-23(20-9-6-3)22-19-17-15-13-11-8-5-2/h1-2H,6-15,20-22H2,3H3. The molecule has 0 aliphatic carbocycles. The second-order valence-corrected chi connectivity index (χ2v) is 5.59. The van der Waals surface area contributed by atoms with Crippen LogP contribution in [0, 0.1) is 48.4 Å². The average molecular weight is 309 g/mol. The summed E-state index contributed by atoms with van der Waals surface area (Å²) >= 11 is 0. The quantitative estimate of drug-likeness (QED) is 0.402. The third-order valence-corrected chi connectivity index (χ3v) is 3.43. The Kier molecular flexibility index (Phi) is 16.8. The molecule has 0 rings (SSSR count). The van der Waals surface area contributed by atoms with Crippen molar-refractivity contribution in [3.05, 3.63) is 0 Å². The van der Waals surface area contributed by atoms with Crippen LogP contribution in [0.1, 0.15) is 71.1 Å². The van der Waals surface area contributed by atoms with Gasteiger partial charge in [-0.3, -0.25) is 4.90 Å². The van der Waals surface area contributed by atoms with Gasteiger partial charge < -0.3 is 0 Å². The number of rotatable bonds is 11. The molecule has 1 heteroatoms. The van der Waals surface area contributed by atoms with E-state index in [9.17, 15) is 0 Å². The Morgan fingerprint density at radius 1 is 0.652 bits per heavy atom. The lowest BCUT2D eigenvalue weighted by Gasteiger charge is -2.15. The number of hydrogen-bond acceptors (Lipinski definition) is 1. The Balaban J connectivity index is 3.97.